The Morgan fingerprint density at radius 1 is 1.44 bits per heavy atom. The average Bonchev–Trinajstić information content (AvgIpc) is 2.68. The number of amides is 1. The second-order valence-corrected chi connectivity index (χ2v) is 5.87. The maximum Gasteiger partial charge on any atom is 0.267 e. The number of hydrogen-bond donors (Lipinski definition) is 3. The predicted molar refractivity (Wildman–Crippen MR) is 73.4 cm³/mol. The summed E-state index contributed by atoms with van der Waals surface area (Å²) in [4.78, 5) is 14.7. The monoisotopic (exact) mass is 289 g/mol. The van der Waals surface area contributed by atoms with Crippen molar-refractivity contribution in [3.63, 3.8) is 0 Å². The van der Waals surface area contributed by atoms with Crippen molar-refractivity contribution >= 4 is 29.1 Å². The van der Waals surface area contributed by atoms with Crippen LogP contribution in [0.5, 0.6) is 0 Å². The maximum absolute atomic E-state index is 11.9. The van der Waals surface area contributed by atoms with Crippen LogP contribution < -0.4 is 10.6 Å². The van der Waals surface area contributed by atoms with Gasteiger partial charge in [-0.25, -0.2) is 0 Å². The van der Waals surface area contributed by atoms with Gasteiger partial charge in [-0.1, -0.05) is 30.1 Å². The summed E-state index contributed by atoms with van der Waals surface area (Å²) in [6.07, 6.45) is 2.14. The zero-order valence-corrected chi connectivity index (χ0v) is 11.8. The number of aromatic nitrogens is 1. The highest BCUT2D eigenvalue weighted by molar-refractivity contribution is 6.41. The van der Waals surface area contributed by atoms with Crippen LogP contribution in [0.4, 0.5) is 0 Å². The molecule has 0 atom stereocenters. The maximum atomic E-state index is 11.9. The van der Waals surface area contributed by atoms with E-state index in [4.69, 9.17) is 23.2 Å². The minimum Gasteiger partial charge on any atom is -0.350 e. The Morgan fingerprint density at radius 2 is 2.11 bits per heavy atom. The second-order valence-electron chi connectivity index (χ2n) is 5.09. The first-order valence-electron chi connectivity index (χ1n) is 6.03. The first kappa shape index (κ1) is 13.7. The quantitative estimate of drug-likeness (QED) is 0.801. The van der Waals surface area contributed by atoms with Gasteiger partial charge in [0.05, 0.1) is 5.02 Å². The molecule has 2 rings (SSSR count). The third kappa shape index (κ3) is 3.19. The van der Waals surface area contributed by atoms with E-state index >= 15 is 0 Å². The fraction of sp³-hybridized carbons (Fsp3) is 0.583. The van der Waals surface area contributed by atoms with E-state index in [2.05, 4.69) is 22.5 Å². The molecule has 0 spiro atoms. The largest absolute Gasteiger partial charge is 0.350 e. The van der Waals surface area contributed by atoms with Crippen molar-refractivity contribution in [1.29, 1.82) is 0 Å². The standard InChI is InChI=1S/C12H17Cl2N3O/c1-12(2-4-15-5-3-12)7-16-11(18)9-6-8(13)10(14)17-9/h6,15,17H,2-5,7H2,1H3,(H,16,18). The van der Waals surface area contributed by atoms with Gasteiger partial charge in [-0.05, 0) is 37.4 Å². The molecule has 0 radical (unpaired) electrons. The lowest BCUT2D eigenvalue weighted by atomic mass is 9.81. The molecule has 1 amide bonds. The molecule has 0 unspecified atom stereocenters. The number of carbonyl (C=O) groups excluding carboxylic acids is 1. The van der Waals surface area contributed by atoms with Gasteiger partial charge in [0, 0.05) is 6.54 Å². The molecule has 3 N–H and O–H groups in total. The molecule has 6 heteroatoms. The molecule has 2 heterocycles. The van der Waals surface area contributed by atoms with Gasteiger partial charge in [0.1, 0.15) is 10.8 Å². The van der Waals surface area contributed by atoms with Crippen molar-refractivity contribution in [2.24, 2.45) is 5.41 Å². The summed E-state index contributed by atoms with van der Waals surface area (Å²) in [6, 6.07) is 1.55. The highest BCUT2D eigenvalue weighted by Gasteiger charge is 2.27. The van der Waals surface area contributed by atoms with E-state index in [1.165, 1.54) is 0 Å². The number of H-pyrrole nitrogens is 1. The molecule has 0 aliphatic carbocycles. The molecule has 1 aromatic heterocycles. The number of halogens is 2. The number of rotatable bonds is 3. The molecule has 0 aromatic carbocycles. The Hall–Kier alpha value is -0.710. The van der Waals surface area contributed by atoms with E-state index in [0.717, 1.165) is 25.9 Å². The van der Waals surface area contributed by atoms with Crippen LogP contribution in [0.25, 0.3) is 0 Å². The first-order valence-corrected chi connectivity index (χ1v) is 6.79. The summed E-state index contributed by atoms with van der Waals surface area (Å²) < 4.78 is 0. The lowest BCUT2D eigenvalue weighted by Gasteiger charge is -2.34. The van der Waals surface area contributed by atoms with Crippen LogP contribution in [-0.2, 0) is 0 Å². The third-order valence-corrected chi connectivity index (χ3v) is 4.15. The third-order valence-electron chi connectivity index (χ3n) is 3.46. The highest BCUT2D eigenvalue weighted by Crippen LogP contribution is 2.27. The van der Waals surface area contributed by atoms with Crippen LogP contribution in [-0.4, -0.2) is 30.5 Å². The van der Waals surface area contributed by atoms with Crippen molar-refractivity contribution in [2.75, 3.05) is 19.6 Å². The van der Waals surface area contributed by atoms with Gasteiger partial charge < -0.3 is 15.6 Å². The topological polar surface area (TPSA) is 56.9 Å². The molecule has 1 aromatic rings. The Balaban J connectivity index is 1.91. The van der Waals surface area contributed by atoms with Crippen molar-refractivity contribution in [3.05, 3.63) is 21.9 Å². The molecule has 4 nitrogen and oxygen atoms in total. The molecule has 18 heavy (non-hydrogen) atoms. The first-order chi connectivity index (χ1) is 8.50. The summed E-state index contributed by atoms with van der Waals surface area (Å²) in [5.41, 5.74) is 0.573. The van der Waals surface area contributed by atoms with Crippen molar-refractivity contribution in [2.45, 2.75) is 19.8 Å². The Labute approximate surface area is 116 Å². The van der Waals surface area contributed by atoms with Gasteiger partial charge in [0.15, 0.2) is 0 Å². The van der Waals surface area contributed by atoms with E-state index in [9.17, 15) is 4.79 Å². The number of nitrogens with one attached hydrogen (secondary N) is 3. The Kier molecular flexibility index (Phi) is 4.20. The number of aromatic amines is 1. The van der Waals surface area contributed by atoms with Crippen molar-refractivity contribution in [1.82, 2.24) is 15.6 Å². The summed E-state index contributed by atoms with van der Waals surface area (Å²) >= 11 is 11.6. The zero-order valence-electron chi connectivity index (χ0n) is 10.3. The number of hydrogen-bond acceptors (Lipinski definition) is 2. The van der Waals surface area contributed by atoms with E-state index in [-0.39, 0.29) is 11.3 Å². The van der Waals surface area contributed by atoms with Crippen LogP contribution in [0.3, 0.4) is 0 Å². The van der Waals surface area contributed by atoms with Crippen LogP contribution in [0.15, 0.2) is 6.07 Å². The van der Waals surface area contributed by atoms with Gasteiger partial charge in [-0.15, -0.1) is 0 Å². The molecule has 0 saturated carbocycles. The van der Waals surface area contributed by atoms with Crippen molar-refractivity contribution < 1.29 is 4.79 Å². The SMILES string of the molecule is CC1(CNC(=O)c2cc(Cl)c(Cl)[nH]2)CCNCC1. The van der Waals surface area contributed by atoms with Crippen LogP contribution in [0.1, 0.15) is 30.3 Å². The summed E-state index contributed by atoms with van der Waals surface area (Å²) in [7, 11) is 0. The fourth-order valence-corrected chi connectivity index (χ4v) is 2.44. The highest BCUT2D eigenvalue weighted by atomic mass is 35.5. The smallest absolute Gasteiger partial charge is 0.267 e. The fourth-order valence-electron chi connectivity index (χ4n) is 2.12. The molecular weight excluding hydrogens is 273 g/mol. The second kappa shape index (κ2) is 5.51. The van der Waals surface area contributed by atoms with Gasteiger partial charge >= 0.3 is 0 Å². The zero-order chi connectivity index (χ0) is 13.2. The number of carbonyl (C=O) groups is 1. The molecular formula is C12H17Cl2N3O. The van der Waals surface area contributed by atoms with Gasteiger partial charge in [0.25, 0.3) is 5.91 Å². The average molecular weight is 290 g/mol. The summed E-state index contributed by atoms with van der Waals surface area (Å²) in [5.74, 6) is -0.163. The van der Waals surface area contributed by atoms with Crippen LogP contribution in [0.2, 0.25) is 10.2 Å². The van der Waals surface area contributed by atoms with Crippen molar-refractivity contribution in [3.8, 4) is 0 Å². The van der Waals surface area contributed by atoms with Gasteiger partial charge in [-0.3, -0.25) is 4.79 Å². The predicted octanol–water partition coefficient (Wildman–Crippen LogP) is 2.44. The molecule has 1 saturated heterocycles. The molecule has 1 aliphatic rings. The molecule has 100 valence electrons. The minimum absolute atomic E-state index is 0.163. The van der Waals surface area contributed by atoms with Gasteiger partial charge in [-0.2, -0.15) is 0 Å². The normalized spacial score (nSPS) is 18.6. The number of piperidine rings is 1. The van der Waals surface area contributed by atoms with E-state index in [1.807, 2.05) is 0 Å². The Morgan fingerprint density at radius 3 is 2.67 bits per heavy atom. The minimum atomic E-state index is -0.163. The van der Waals surface area contributed by atoms with E-state index in [0.29, 0.717) is 22.4 Å². The summed E-state index contributed by atoms with van der Waals surface area (Å²) in [5, 5.41) is 6.92. The lowest BCUT2D eigenvalue weighted by Crippen LogP contribution is -2.42. The molecule has 0 bridgehead atoms. The van der Waals surface area contributed by atoms with Crippen LogP contribution >= 0.6 is 23.2 Å². The van der Waals surface area contributed by atoms with Gasteiger partial charge in [0.2, 0.25) is 0 Å². The van der Waals surface area contributed by atoms with E-state index in [1.54, 1.807) is 6.07 Å². The van der Waals surface area contributed by atoms with Crippen LogP contribution in [0, 0.1) is 5.41 Å². The Bertz CT molecular complexity index is 419. The lowest BCUT2D eigenvalue weighted by molar-refractivity contribution is 0.0918. The molecule has 1 fully saturated rings. The van der Waals surface area contributed by atoms with E-state index < -0.39 is 0 Å². The molecule has 1 aliphatic heterocycles. The summed E-state index contributed by atoms with van der Waals surface area (Å²) in [6.45, 7) is 4.88.